The van der Waals surface area contributed by atoms with Gasteiger partial charge in [-0.3, -0.25) is 0 Å². The van der Waals surface area contributed by atoms with Gasteiger partial charge in [-0.2, -0.15) is 18.3 Å². The fraction of sp³-hybridized carbons (Fsp3) is 0.550. The van der Waals surface area contributed by atoms with Gasteiger partial charge in [0.1, 0.15) is 5.82 Å². The predicted octanol–water partition coefficient (Wildman–Crippen LogP) is 5.69. The largest absolute Gasteiger partial charge is 0.416 e. The number of hydrogen-bond acceptors (Lipinski definition) is 2. The quantitative estimate of drug-likeness (QED) is 0.743. The minimum atomic E-state index is -4.35. The van der Waals surface area contributed by atoms with Gasteiger partial charge in [0.25, 0.3) is 0 Å². The molecule has 1 aromatic heterocycles. The first kappa shape index (κ1) is 17.4. The molecule has 2 aliphatic rings. The molecule has 26 heavy (non-hydrogen) atoms. The van der Waals surface area contributed by atoms with Crippen molar-refractivity contribution in [2.24, 2.45) is 0 Å². The molecular weight excluding hydrogens is 339 g/mol. The van der Waals surface area contributed by atoms with Gasteiger partial charge in [-0.05, 0) is 50.3 Å². The molecule has 140 valence electrons. The van der Waals surface area contributed by atoms with Crippen molar-refractivity contribution < 1.29 is 13.2 Å². The Kier molecular flexibility index (Phi) is 4.67. The maximum Gasteiger partial charge on any atom is 0.416 e. The van der Waals surface area contributed by atoms with Gasteiger partial charge in [-0.25, -0.2) is 4.68 Å². The summed E-state index contributed by atoms with van der Waals surface area (Å²) in [6.07, 6.45) is 4.72. The Bertz CT molecular complexity index is 773. The van der Waals surface area contributed by atoms with Crippen molar-refractivity contribution in [2.45, 2.75) is 63.5 Å². The van der Waals surface area contributed by atoms with E-state index in [9.17, 15) is 13.2 Å². The Labute approximate surface area is 151 Å². The van der Waals surface area contributed by atoms with Gasteiger partial charge in [0.15, 0.2) is 0 Å². The number of hydrogen-bond donors (Lipinski definition) is 1. The number of alkyl halides is 3. The number of anilines is 1. The van der Waals surface area contributed by atoms with Gasteiger partial charge < -0.3 is 5.32 Å². The lowest BCUT2D eigenvalue weighted by Gasteiger charge is -2.20. The molecule has 0 bridgehead atoms. The Balaban J connectivity index is 1.80. The molecule has 0 amide bonds. The Morgan fingerprint density at radius 1 is 1.04 bits per heavy atom. The van der Waals surface area contributed by atoms with E-state index in [-0.39, 0.29) is 0 Å². The maximum atomic E-state index is 13.1. The molecule has 3 nitrogen and oxygen atoms in total. The van der Waals surface area contributed by atoms with Crippen LogP contribution in [0.2, 0.25) is 0 Å². The molecule has 1 fully saturated rings. The van der Waals surface area contributed by atoms with Crippen molar-refractivity contribution in [1.82, 2.24) is 9.78 Å². The van der Waals surface area contributed by atoms with E-state index in [0.29, 0.717) is 11.6 Å². The van der Waals surface area contributed by atoms with Crippen molar-refractivity contribution in [3.63, 3.8) is 0 Å². The molecule has 1 saturated carbocycles. The molecule has 1 aromatic carbocycles. The average Bonchev–Trinajstić information content (AvgIpc) is 2.83. The number of aromatic nitrogens is 2. The maximum absolute atomic E-state index is 13.1. The number of benzene rings is 1. The molecule has 2 heterocycles. The summed E-state index contributed by atoms with van der Waals surface area (Å²) in [4.78, 5) is 0. The molecular formula is C20H24F3N3. The van der Waals surface area contributed by atoms with Crippen LogP contribution in [-0.2, 0) is 12.6 Å². The summed E-state index contributed by atoms with van der Waals surface area (Å²) in [7, 11) is 0. The molecule has 1 aliphatic carbocycles. The lowest BCUT2D eigenvalue weighted by molar-refractivity contribution is -0.137. The summed E-state index contributed by atoms with van der Waals surface area (Å²) < 4.78 is 41.1. The second-order valence-electron chi connectivity index (χ2n) is 7.39. The van der Waals surface area contributed by atoms with Gasteiger partial charge in [0.05, 0.1) is 16.9 Å². The summed E-state index contributed by atoms with van der Waals surface area (Å²) in [5, 5.41) is 8.27. The van der Waals surface area contributed by atoms with E-state index in [1.54, 1.807) is 10.7 Å². The fourth-order valence-electron chi connectivity index (χ4n) is 4.23. The van der Waals surface area contributed by atoms with Crippen molar-refractivity contribution >= 4 is 5.82 Å². The first-order valence-corrected chi connectivity index (χ1v) is 9.57. The van der Waals surface area contributed by atoms with Crippen LogP contribution in [0.4, 0.5) is 19.0 Å². The Morgan fingerprint density at radius 3 is 2.62 bits per heavy atom. The van der Waals surface area contributed by atoms with Crippen LogP contribution >= 0.6 is 0 Å². The number of nitrogens with zero attached hydrogens (tertiary/aromatic N) is 2. The molecule has 0 unspecified atom stereocenters. The van der Waals surface area contributed by atoms with Crippen LogP contribution in [0.3, 0.4) is 0 Å². The SMILES string of the molecule is FC(F)(F)c1cccc(-n2nc(C3CCCCC3)c3c2NCCCC3)c1. The molecule has 1 aliphatic heterocycles. The molecule has 1 N–H and O–H groups in total. The summed E-state index contributed by atoms with van der Waals surface area (Å²) in [5.74, 6) is 1.33. The highest BCUT2D eigenvalue weighted by atomic mass is 19.4. The fourth-order valence-corrected chi connectivity index (χ4v) is 4.23. The summed E-state index contributed by atoms with van der Waals surface area (Å²) in [5.41, 5.74) is 2.16. The first-order chi connectivity index (χ1) is 12.5. The normalized spacial score (nSPS) is 18.9. The minimum absolute atomic E-state index is 0.435. The van der Waals surface area contributed by atoms with Crippen molar-refractivity contribution in [2.75, 3.05) is 11.9 Å². The zero-order chi connectivity index (χ0) is 18.1. The summed E-state index contributed by atoms with van der Waals surface area (Å²) in [6, 6.07) is 5.48. The van der Waals surface area contributed by atoms with Gasteiger partial charge in [0, 0.05) is 18.0 Å². The molecule has 6 heteroatoms. The number of rotatable bonds is 2. The smallest absolute Gasteiger partial charge is 0.370 e. The van der Waals surface area contributed by atoms with Crippen LogP contribution in [0.15, 0.2) is 24.3 Å². The molecule has 0 spiro atoms. The van der Waals surface area contributed by atoms with Crippen LogP contribution in [0, 0.1) is 0 Å². The molecule has 0 saturated heterocycles. The highest BCUT2D eigenvalue weighted by molar-refractivity contribution is 5.55. The van der Waals surface area contributed by atoms with Crippen molar-refractivity contribution in [3.8, 4) is 5.69 Å². The third kappa shape index (κ3) is 3.33. The van der Waals surface area contributed by atoms with Crippen LogP contribution in [-0.4, -0.2) is 16.3 Å². The second-order valence-corrected chi connectivity index (χ2v) is 7.39. The number of nitrogens with one attached hydrogen (secondary N) is 1. The zero-order valence-corrected chi connectivity index (χ0v) is 14.8. The molecule has 2 aromatic rings. The third-order valence-corrected chi connectivity index (χ3v) is 5.57. The third-order valence-electron chi connectivity index (χ3n) is 5.57. The van der Waals surface area contributed by atoms with Crippen LogP contribution in [0.25, 0.3) is 5.69 Å². The number of halogens is 3. The lowest BCUT2D eigenvalue weighted by Crippen LogP contribution is -2.10. The predicted molar refractivity (Wildman–Crippen MR) is 95.8 cm³/mol. The van der Waals surface area contributed by atoms with E-state index in [1.807, 2.05) is 0 Å². The Morgan fingerprint density at radius 2 is 1.85 bits per heavy atom. The van der Waals surface area contributed by atoms with Crippen molar-refractivity contribution in [1.29, 1.82) is 0 Å². The van der Waals surface area contributed by atoms with Crippen molar-refractivity contribution in [3.05, 3.63) is 41.1 Å². The van der Waals surface area contributed by atoms with E-state index in [1.165, 1.54) is 37.0 Å². The van der Waals surface area contributed by atoms with E-state index in [4.69, 9.17) is 5.10 Å². The molecule has 0 radical (unpaired) electrons. The lowest BCUT2D eigenvalue weighted by atomic mass is 9.85. The second kappa shape index (κ2) is 6.97. The van der Waals surface area contributed by atoms with E-state index < -0.39 is 11.7 Å². The van der Waals surface area contributed by atoms with E-state index in [0.717, 1.165) is 56.2 Å². The van der Waals surface area contributed by atoms with Gasteiger partial charge >= 0.3 is 6.18 Å². The minimum Gasteiger partial charge on any atom is -0.370 e. The number of fused-ring (bicyclic) bond motifs is 1. The summed E-state index contributed by atoms with van der Waals surface area (Å²) in [6.45, 7) is 0.835. The monoisotopic (exact) mass is 363 g/mol. The first-order valence-electron chi connectivity index (χ1n) is 9.57. The molecule has 4 rings (SSSR count). The highest BCUT2D eigenvalue weighted by Crippen LogP contribution is 2.39. The van der Waals surface area contributed by atoms with Gasteiger partial charge in [0.2, 0.25) is 0 Å². The van der Waals surface area contributed by atoms with E-state index in [2.05, 4.69) is 5.32 Å². The van der Waals surface area contributed by atoms with Crippen LogP contribution in [0.5, 0.6) is 0 Å². The molecule has 0 atom stereocenters. The topological polar surface area (TPSA) is 29.9 Å². The van der Waals surface area contributed by atoms with Gasteiger partial charge in [-0.1, -0.05) is 25.3 Å². The summed E-state index contributed by atoms with van der Waals surface area (Å²) >= 11 is 0. The highest BCUT2D eigenvalue weighted by Gasteiger charge is 2.32. The Hall–Kier alpha value is -1.98. The van der Waals surface area contributed by atoms with E-state index >= 15 is 0 Å². The average molecular weight is 363 g/mol. The van der Waals surface area contributed by atoms with Crippen LogP contribution in [0.1, 0.15) is 67.7 Å². The zero-order valence-electron chi connectivity index (χ0n) is 14.8. The van der Waals surface area contributed by atoms with Crippen LogP contribution < -0.4 is 5.32 Å². The van der Waals surface area contributed by atoms with Gasteiger partial charge in [-0.15, -0.1) is 0 Å². The standard InChI is InChI=1S/C20H24F3N3/c21-20(22,23)15-9-6-10-16(13-15)26-19-17(11-4-5-12-24-19)18(25-26)14-7-2-1-3-8-14/h6,9-10,13-14,24H,1-5,7-8,11-12H2.